The first-order valence-electron chi connectivity index (χ1n) is 20.1. The van der Waals surface area contributed by atoms with Crippen LogP contribution in [0.1, 0.15) is 124 Å². The van der Waals surface area contributed by atoms with Gasteiger partial charge in [0.1, 0.15) is 18.3 Å². The summed E-state index contributed by atoms with van der Waals surface area (Å²) in [5.74, 6) is -0.814. The molecule has 288 valence electrons. The highest BCUT2D eigenvalue weighted by Gasteiger charge is 2.83. The van der Waals surface area contributed by atoms with Crippen LogP contribution in [0.5, 0.6) is 0 Å². The molecule has 2 spiro atoms. The summed E-state index contributed by atoms with van der Waals surface area (Å²) in [6, 6.07) is 0. The van der Waals surface area contributed by atoms with E-state index in [0.29, 0.717) is 25.7 Å². The van der Waals surface area contributed by atoms with Crippen LogP contribution in [0.25, 0.3) is 0 Å². The molecule has 10 nitrogen and oxygen atoms in total. The first kappa shape index (κ1) is 36.8. The average molecular weight is 717 g/mol. The predicted octanol–water partition coefficient (Wildman–Crippen LogP) is 4.32. The van der Waals surface area contributed by atoms with Crippen LogP contribution >= 0.6 is 0 Å². The van der Waals surface area contributed by atoms with Gasteiger partial charge < -0.3 is 45.2 Å². The number of aliphatic hydroxyl groups excluding tert-OH is 6. The van der Waals surface area contributed by atoms with Crippen LogP contribution in [0.2, 0.25) is 0 Å². The quantitative estimate of drug-likeness (QED) is 0.160. The van der Waals surface area contributed by atoms with Crippen LogP contribution in [0.15, 0.2) is 11.6 Å². The van der Waals surface area contributed by atoms with Gasteiger partial charge >= 0.3 is 5.97 Å². The molecule has 7 fully saturated rings. The van der Waals surface area contributed by atoms with E-state index in [1.165, 1.54) is 5.57 Å². The third-order valence-electron chi connectivity index (χ3n) is 18.6. The molecule has 2 bridgehead atoms. The number of hydrogen-bond donors (Lipinski definition) is 7. The Morgan fingerprint density at radius 2 is 1.53 bits per heavy atom. The SMILES string of the molecule is C[C@]1(CO)CC[C@]2(C(=O)O)CC[C@]34CCC[C@]5(CC=C3[C@@H]2C1)[C@@]4(C)C1(CCCC1)C[C@@H]1[C@](C)(CO)[C@H](O[C@@H]2OC[C@@H](O)[C@H](O)[C@H]2O)[C@H](O)C[C@@]15C. The van der Waals surface area contributed by atoms with Crippen molar-refractivity contribution in [1.82, 2.24) is 0 Å². The number of aliphatic carboxylic acids is 1. The van der Waals surface area contributed by atoms with Gasteiger partial charge in [0.05, 0.1) is 30.8 Å². The molecule has 7 aliphatic carbocycles. The fourth-order valence-corrected chi connectivity index (χ4v) is 16.0. The smallest absolute Gasteiger partial charge is 0.310 e. The molecule has 8 rings (SSSR count). The fourth-order valence-electron chi connectivity index (χ4n) is 16.0. The lowest BCUT2D eigenvalue weighted by Crippen LogP contribution is -2.78. The second-order valence-corrected chi connectivity index (χ2v) is 20.1. The first-order chi connectivity index (χ1) is 24.0. The summed E-state index contributed by atoms with van der Waals surface area (Å²) in [5, 5.41) is 76.7. The maximum atomic E-state index is 13.4. The van der Waals surface area contributed by atoms with Gasteiger partial charge in [-0.2, -0.15) is 0 Å². The van der Waals surface area contributed by atoms with Gasteiger partial charge in [-0.1, -0.05) is 58.6 Å². The number of fused-ring (bicyclic) bond motifs is 3. The van der Waals surface area contributed by atoms with Gasteiger partial charge in [-0.15, -0.1) is 0 Å². The molecule has 0 radical (unpaired) electrons. The Labute approximate surface area is 303 Å². The molecule has 0 aromatic rings. The molecule has 7 N–H and O–H groups in total. The highest BCUT2D eigenvalue weighted by molar-refractivity contribution is 5.77. The Kier molecular flexibility index (Phi) is 8.45. The maximum absolute atomic E-state index is 13.4. The van der Waals surface area contributed by atoms with E-state index in [0.717, 1.165) is 70.6 Å². The molecule has 0 aromatic carbocycles. The van der Waals surface area contributed by atoms with Crippen LogP contribution in [0, 0.1) is 55.2 Å². The summed E-state index contributed by atoms with van der Waals surface area (Å²) in [5.41, 5.74) is -1.64. The zero-order chi connectivity index (χ0) is 36.6. The monoisotopic (exact) mass is 716 g/mol. The van der Waals surface area contributed by atoms with E-state index in [2.05, 4.69) is 26.8 Å². The van der Waals surface area contributed by atoms with E-state index < -0.39 is 59.0 Å². The molecule has 10 heteroatoms. The predicted molar refractivity (Wildman–Crippen MR) is 187 cm³/mol. The third-order valence-corrected chi connectivity index (χ3v) is 18.6. The number of ether oxygens (including phenoxy) is 2. The molecule has 1 heterocycles. The lowest BCUT2D eigenvalue weighted by atomic mass is 9.21. The molecule has 51 heavy (non-hydrogen) atoms. The van der Waals surface area contributed by atoms with Crippen molar-refractivity contribution in [1.29, 1.82) is 0 Å². The van der Waals surface area contributed by atoms with E-state index in [-0.39, 0.29) is 58.7 Å². The Balaban J connectivity index is 1.27. The van der Waals surface area contributed by atoms with Crippen molar-refractivity contribution >= 4 is 5.97 Å². The minimum Gasteiger partial charge on any atom is -0.481 e. The molecule has 8 aliphatic rings. The van der Waals surface area contributed by atoms with Gasteiger partial charge in [0.25, 0.3) is 0 Å². The van der Waals surface area contributed by atoms with E-state index in [4.69, 9.17) is 9.47 Å². The lowest BCUT2D eigenvalue weighted by molar-refractivity contribution is -0.363. The lowest BCUT2D eigenvalue weighted by Gasteiger charge is -2.83. The normalized spacial score (nSPS) is 55.9. The van der Waals surface area contributed by atoms with Crippen molar-refractivity contribution < 1.29 is 50.0 Å². The Hall–Kier alpha value is -1.11. The van der Waals surface area contributed by atoms with Crippen molar-refractivity contribution in [3.05, 3.63) is 11.6 Å². The second kappa shape index (κ2) is 11.7. The van der Waals surface area contributed by atoms with Gasteiger partial charge in [-0.05, 0) is 121 Å². The van der Waals surface area contributed by atoms with E-state index in [1.54, 1.807) is 0 Å². The minimum atomic E-state index is -1.50. The van der Waals surface area contributed by atoms with Crippen molar-refractivity contribution in [3.8, 4) is 0 Å². The number of rotatable bonds is 5. The minimum absolute atomic E-state index is 0.0232. The zero-order valence-electron chi connectivity index (χ0n) is 31.3. The molecule has 15 atom stereocenters. The Morgan fingerprint density at radius 1 is 0.824 bits per heavy atom. The number of carboxylic acids is 1. The molecule has 1 aliphatic heterocycles. The average Bonchev–Trinajstić information content (AvgIpc) is 3.58. The fraction of sp³-hybridized carbons (Fsp3) is 0.927. The molecule has 0 aromatic heterocycles. The molecular weight excluding hydrogens is 652 g/mol. The van der Waals surface area contributed by atoms with E-state index in [9.17, 15) is 40.5 Å². The number of allylic oxidation sites excluding steroid dienone is 2. The Bertz CT molecular complexity index is 1440. The maximum Gasteiger partial charge on any atom is 0.310 e. The van der Waals surface area contributed by atoms with Crippen LogP contribution in [0.3, 0.4) is 0 Å². The van der Waals surface area contributed by atoms with Crippen molar-refractivity contribution in [2.24, 2.45) is 55.2 Å². The topological polar surface area (TPSA) is 177 Å². The summed E-state index contributed by atoms with van der Waals surface area (Å²) in [4.78, 5) is 13.4. The van der Waals surface area contributed by atoms with Crippen LogP contribution in [0.4, 0.5) is 0 Å². The largest absolute Gasteiger partial charge is 0.481 e. The molecular formula is C41H64O10. The van der Waals surface area contributed by atoms with Gasteiger partial charge in [0.15, 0.2) is 6.29 Å². The third kappa shape index (κ3) is 4.31. The van der Waals surface area contributed by atoms with Gasteiger partial charge in [-0.25, -0.2) is 0 Å². The summed E-state index contributed by atoms with van der Waals surface area (Å²) >= 11 is 0. The zero-order valence-corrected chi connectivity index (χ0v) is 31.3. The summed E-state index contributed by atoms with van der Waals surface area (Å²) in [6.07, 6.45) is 8.41. The number of aliphatic hydroxyl groups is 6. The summed E-state index contributed by atoms with van der Waals surface area (Å²) in [7, 11) is 0. The van der Waals surface area contributed by atoms with Crippen molar-refractivity contribution in [2.45, 2.75) is 161 Å². The molecule has 1 saturated heterocycles. The summed E-state index contributed by atoms with van der Waals surface area (Å²) in [6.45, 7) is 8.79. The van der Waals surface area contributed by atoms with Crippen LogP contribution in [-0.4, -0.2) is 98.3 Å². The first-order valence-corrected chi connectivity index (χ1v) is 20.1. The van der Waals surface area contributed by atoms with Gasteiger partial charge in [-0.3, -0.25) is 4.79 Å². The van der Waals surface area contributed by atoms with E-state index in [1.807, 2.05) is 6.92 Å². The molecule has 0 amide bonds. The molecule has 0 unspecified atom stereocenters. The number of carbonyl (C=O) groups is 1. The van der Waals surface area contributed by atoms with Crippen LogP contribution in [-0.2, 0) is 14.3 Å². The number of carboxylic acid groups (broad SMARTS) is 1. The number of hydrogen-bond acceptors (Lipinski definition) is 9. The highest BCUT2D eigenvalue weighted by Crippen LogP contribution is 2.88. The van der Waals surface area contributed by atoms with Crippen molar-refractivity contribution in [3.63, 3.8) is 0 Å². The highest BCUT2D eigenvalue weighted by atomic mass is 16.7. The Morgan fingerprint density at radius 3 is 2.20 bits per heavy atom. The van der Waals surface area contributed by atoms with E-state index >= 15 is 0 Å². The summed E-state index contributed by atoms with van der Waals surface area (Å²) < 4.78 is 12.1. The van der Waals surface area contributed by atoms with Crippen LogP contribution < -0.4 is 0 Å². The van der Waals surface area contributed by atoms with Crippen molar-refractivity contribution in [2.75, 3.05) is 19.8 Å². The van der Waals surface area contributed by atoms with Gasteiger partial charge in [0, 0.05) is 12.0 Å². The molecule has 6 saturated carbocycles. The second-order valence-electron chi connectivity index (χ2n) is 20.1. The standard InChI is InChI=1S/C41H64O10/c1-34(22-42)14-15-39(33(48)49)16-17-40-11-7-12-41(13-8-24(40)25(39)18-34)36(3)19-26(44)31(51-32-30(47)29(46)27(45)21-50-32)35(2,23-43)28(36)20-38(37(40,41)4)9-5-6-10-38/h8,25-32,42-47H,5-7,9-23H2,1-4H3,(H,48,49)/t25-,26+,27+,28+,29-,30+,31+,32-,34-,35-,36-,37-,39-,40+,41+/m0/s1. The van der Waals surface area contributed by atoms with Gasteiger partial charge in [0.2, 0.25) is 0 Å².